The zero-order chi connectivity index (χ0) is 42.3. The summed E-state index contributed by atoms with van der Waals surface area (Å²) < 4.78 is 5.45. The number of unbranched alkanes of at least 4 members (excludes halogenated alkanes) is 32. The van der Waals surface area contributed by atoms with Gasteiger partial charge in [0.15, 0.2) is 0 Å². The van der Waals surface area contributed by atoms with Crippen molar-refractivity contribution >= 4 is 11.9 Å². The second-order valence-electron chi connectivity index (χ2n) is 17.5. The molecule has 3 N–H and O–H groups in total. The number of hydrogen-bond acceptors (Lipinski definition) is 5. The van der Waals surface area contributed by atoms with E-state index in [-0.39, 0.29) is 18.5 Å². The van der Waals surface area contributed by atoms with E-state index in [1.54, 1.807) is 0 Å². The van der Waals surface area contributed by atoms with E-state index < -0.39 is 12.1 Å². The Balaban J connectivity index is 3.47. The molecule has 0 bridgehead atoms. The normalized spacial score (nSPS) is 12.8. The van der Waals surface area contributed by atoms with Gasteiger partial charge < -0.3 is 20.3 Å². The van der Waals surface area contributed by atoms with E-state index in [0.29, 0.717) is 25.9 Å². The second kappa shape index (κ2) is 48.0. The fraction of sp³-hybridized carbons (Fsp3) is 0.885. The first-order chi connectivity index (χ1) is 28.5. The first-order valence-electron chi connectivity index (χ1n) is 25.6. The van der Waals surface area contributed by atoms with E-state index in [1.807, 2.05) is 0 Å². The Morgan fingerprint density at radius 2 is 0.810 bits per heavy atom. The molecule has 0 aliphatic carbocycles. The number of nitrogens with one attached hydrogen (secondary N) is 1. The van der Waals surface area contributed by atoms with Gasteiger partial charge in [0, 0.05) is 12.8 Å². The number of esters is 1. The Morgan fingerprint density at radius 1 is 0.466 bits per heavy atom. The summed E-state index contributed by atoms with van der Waals surface area (Å²) in [5.74, 6) is -0.0703. The first-order valence-corrected chi connectivity index (χ1v) is 25.6. The van der Waals surface area contributed by atoms with Crippen LogP contribution >= 0.6 is 0 Å². The molecule has 2 atom stereocenters. The van der Waals surface area contributed by atoms with Crippen molar-refractivity contribution in [3.05, 3.63) is 24.3 Å². The quantitative estimate of drug-likeness (QED) is 0.0323. The Kier molecular flexibility index (Phi) is 46.6. The van der Waals surface area contributed by atoms with Crippen molar-refractivity contribution in [2.45, 2.75) is 283 Å². The van der Waals surface area contributed by atoms with Crippen molar-refractivity contribution in [3.8, 4) is 0 Å². The van der Waals surface area contributed by atoms with Crippen LogP contribution in [0.15, 0.2) is 24.3 Å². The number of aliphatic hydroxyl groups excluding tert-OH is 2. The maximum atomic E-state index is 12.4. The van der Waals surface area contributed by atoms with Crippen LogP contribution in [0.25, 0.3) is 0 Å². The molecule has 2 unspecified atom stereocenters. The number of aliphatic hydroxyl groups is 2. The molecule has 342 valence electrons. The predicted molar refractivity (Wildman–Crippen MR) is 250 cm³/mol. The second-order valence-corrected chi connectivity index (χ2v) is 17.5. The number of carbonyl (C=O) groups is 2. The maximum Gasteiger partial charge on any atom is 0.305 e. The lowest BCUT2D eigenvalue weighted by Gasteiger charge is -2.22. The van der Waals surface area contributed by atoms with Gasteiger partial charge in [-0.3, -0.25) is 9.59 Å². The Bertz CT molecular complexity index is 904. The van der Waals surface area contributed by atoms with Crippen molar-refractivity contribution in [2.24, 2.45) is 0 Å². The third kappa shape index (κ3) is 43.9. The van der Waals surface area contributed by atoms with Crippen LogP contribution in [0.1, 0.15) is 271 Å². The lowest BCUT2D eigenvalue weighted by molar-refractivity contribution is -0.143. The minimum Gasteiger partial charge on any atom is -0.466 e. The van der Waals surface area contributed by atoms with Gasteiger partial charge in [0.2, 0.25) is 5.91 Å². The first kappa shape index (κ1) is 56.3. The van der Waals surface area contributed by atoms with E-state index >= 15 is 0 Å². The molecule has 0 spiro atoms. The van der Waals surface area contributed by atoms with Crippen LogP contribution in [0.5, 0.6) is 0 Å². The standard InChI is InChI=1S/C52H99NO5/c1-3-5-7-9-11-13-15-16-18-22-26-30-34-38-42-46-52(57)58-47-43-39-35-31-27-23-20-17-19-21-25-29-33-37-41-45-51(56)53-49(48-54)50(55)44-40-36-32-28-24-14-12-10-8-6-4-2/h16,18,20,23,49-50,54-55H,3-15,17,19,21-22,24-48H2,1-2H3,(H,53,56)/b18-16-,23-20-. The Labute approximate surface area is 361 Å². The molecule has 1 amide bonds. The number of ether oxygens (including phenoxy) is 1. The molecule has 0 aromatic rings. The van der Waals surface area contributed by atoms with Crippen LogP contribution in [0.3, 0.4) is 0 Å². The third-order valence-corrected chi connectivity index (χ3v) is 11.7. The third-order valence-electron chi connectivity index (χ3n) is 11.7. The molecule has 0 aromatic heterocycles. The molecule has 0 saturated carbocycles. The number of hydrogen-bond donors (Lipinski definition) is 3. The fourth-order valence-corrected chi connectivity index (χ4v) is 7.74. The minimum atomic E-state index is -0.672. The number of rotatable bonds is 47. The summed E-state index contributed by atoms with van der Waals surface area (Å²) in [5.41, 5.74) is 0. The van der Waals surface area contributed by atoms with Gasteiger partial charge in [-0.1, -0.05) is 205 Å². The molecule has 0 saturated heterocycles. The number of carbonyl (C=O) groups excluding carboxylic acids is 2. The average Bonchev–Trinajstić information content (AvgIpc) is 3.22. The van der Waals surface area contributed by atoms with Crippen LogP contribution in [-0.2, 0) is 14.3 Å². The van der Waals surface area contributed by atoms with E-state index in [0.717, 1.165) is 70.6 Å². The van der Waals surface area contributed by atoms with E-state index in [9.17, 15) is 19.8 Å². The lowest BCUT2D eigenvalue weighted by atomic mass is 10.0. The zero-order valence-corrected chi connectivity index (χ0v) is 38.8. The van der Waals surface area contributed by atoms with Gasteiger partial charge >= 0.3 is 5.97 Å². The zero-order valence-electron chi connectivity index (χ0n) is 38.8. The summed E-state index contributed by atoms with van der Waals surface area (Å²) in [4.78, 5) is 24.4. The molecular formula is C52H99NO5. The van der Waals surface area contributed by atoms with Gasteiger partial charge in [0.1, 0.15) is 0 Å². The van der Waals surface area contributed by atoms with Crippen LogP contribution in [0.2, 0.25) is 0 Å². The molecule has 6 nitrogen and oxygen atoms in total. The van der Waals surface area contributed by atoms with Gasteiger partial charge in [-0.05, 0) is 77.0 Å². The molecule has 0 aliphatic heterocycles. The molecule has 0 rings (SSSR count). The topological polar surface area (TPSA) is 95.9 Å². The summed E-state index contributed by atoms with van der Waals surface area (Å²) >= 11 is 0. The van der Waals surface area contributed by atoms with E-state index in [1.165, 1.54) is 167 Å². The Hall–Kier alpha value is -1.66. The summed E-state index contributed by atoms with van der Waals surface area (Å²) in [6.07, 6.45) is 55.7. The van der Waals surface area contributed by atoms with Crippen molar-refractivity contribution < 1.29 is 24.5 Å². The van der Waals surface area contributed by atoms with Crippen LogP contribution in [0, 0.1) is 0 Å². The summed E-state index contributed by atoms with van der Waals surface area (Å²) in [6, 6.07) is -0.551. The van der Waals surface area contributed by atoms with Crippen LogP contribution in [-0.4, -0.2) is 47.4 Å². The average molecular weight is 818 g/mol. The molecule has 6 heteroatoms. The van der Waals surface area contributed by atoms with Crippen molar-refractivity contribution in [1.82, 2.24) is 5.32 Å². The summed E-state index contributed by atoms with van der Waals surface area (Å²) in [6.45, 7) is 4.89. The molecule has 58 heavy (non-hydrogen) atoms. The smallest absolute Gasteiger partial charge is 0.305 e. The molecule has 0 radical (unpaired) electrons. The molecule has 0 aromatic carbocycles. The minimum absolute atomic E-state index is 0.0184. The monoisotopic (exact) mass is 818 g/mol. The highest BCUT2D eigenvalue weighted by atomic mass is 16.5. The fourth-order valence-electron chi connectivity index (χ4n) is 7.74. The number of amides is 1. The van der Waals surface area contributed by atoms with Gasteiger partial charge in [-0.2, -0.15) is 0 Å². The van der Waals surface area contributed by atoms with Crippen molar-refractivity contribution in [3.63, 3.8) is 0 Å². The van der Waals surface area contributed by atoms with Gasteiger partial charge in [-0.25, -0.2) is 0 Å². The number of allylic oxidation sites excluding steroid dienone is 4. The van der Waals surface area contributed by atoms with Gasteiger partial charge in [0.25, 0.3) is 0 Å². The van der Waals surface area contributed by atoms with Gasteiger partial charge in [-0.15, -0.1) is 0 Å². The Morgan fingerprint density at radius 3 is 1.22 bits per heavy atom. The summed E-state index contributed by atoms with van der Waals surface area (Å²) in [7, 11) is 0. The van der Waals surface area contributed by atoms with E-state index in [4.69, 9.17) is 4.74 Å². The predicted octanol–water partition coefficient (Wildman–Crippen LogP) is 15.1. The SMILES string of the molecule is CCCCCCCC/C=C\CCCCCCCC(=O)OCCCCCC/C=C\CCCCCCCCCC(=O)NC(CO)C(O)CCCCCCCCCCCCC. The largest absolute Gasteiger partial charge is 0.466 e. The summed E-state index contributed by atoms with van der Waals surface area (Å²) in [5, 5.41) is 23.1. The van der Waals surface area contributed by atoms with Gasteiger partial charge in [0.05, 0.1) is 25.4 Å². The lowest BCUT2D eigenvalue weighted by Crippen LogP contribution is -2.45. The van der Waals surface area contributed by atoms with Crippen molar-refractivity contribution in [1.29, 1.82) is 0 Å². The molecule has 0 fully saturated rings. The van der Waals surface area contributed by atoms with Crippen molar-refractivity contribution in [2.75, 3.05) is 13.2 Å². The molecule has 0 heterocycles. The highest BCUT2D eigenvalue weighted by Crippen LogP contribution is 2.15. The van der Waals surface area contributed by atoms with E-state index in [2.05, 4.69) is 43.5 Å². The van der Waals surface area contributed by atoms with Crippen LogP contribution < -0.4 is 5.32 Å². The molecule has 0 aliphatic rings. The molecular weight excluding hydrogens is 719 g/mol. The van der Waals surface area contributed by atoms with Crippen LogP contribution in [0.4, 0.5) is 0 Å². The maximum absolute atomic E-state index is 12.4. The highest BCUT2D eigenvalue weighted by Gasteiger charge is 2.20. The highest BCUT2D eigenvalue weighted by molar-refractivity contribution is 5.76.